The molecule has 0 amide bonds. The first-order valence-corrected chi connectivity index (χ1v) is 8.11. The van der Waals surface area contributed by atoms with Crippen LogP contribution < -0.4 is 0 Å². The lowest BCUT2D eigenvalue weighted by Gasteiger charge is -2.28. The van der Waals surface area contributed by atoms with Crippen molar-refractivity contribution in [2.24, 2.45) is 17.8 Å². The molecule has 0 fully saturated rings. The van der Waals surface area contributed by atoms with E-state index in [1.165, 1.54) is 0 Å². The molecule has 0 bridgehead atoms. The van der Waals surface area contributed by atoms with Crippen molar-refractivity contribution in [2.75, 3.05) is 26.6 Å². The minimum Gasteiger partial charge on any atom is -0.494 e. The van der Waals surface area contributed by atoms with Crippen molar-refractivity contribution >= 4 is 5.97 Å². The first-order valence-electron chi connectivity index (χ1n) is 8.11. The van der Waals surface area contributed by atoms with Crippen LogP contribution in [0.4, 0.5) is 0 Å². The van der Waals surface area contributed by atoms with Gasteiger partial charge in [0.1, 0.15) is 19.2 Å². The molecule has 1 aliphatic heterocycles. The number of allylic oxidation sites excluding steroid dienone is 1. The molecule has 1 heterocycles. The minimum atomic E-state index is -0.355. The van der Waals surface area contributed by atoms with Gasteiger partial charge in [0.2, 0.25) is 0 Å². The van der Waals surface area contributed by atoms with Crippen molar-refractivity contribution in [2.45, 2.75) is 6.92 Å². The van der Waals surface area contributed by atoms with Gasteiger partial charge in [0.05, 0.1) is 18.8 Å². The quantitative estimate of drug-likeness (QED) is 0.493. The average molecular weight is 330 g/mol. The molecule has 2 unspecified atom stereocenters. The molecule has 0 saturated carbocycles. The predicted octanol–water partition coefficient (Wildman–Crippen LogP) is 2.45. The molecule has 0 spiro atoms. The third kappa shape index (κ3) is 3.86. The number of carbonyl (C=O) groups is 1. The first kappa shape index (κ1) is 16.7. The van der Waals surface area contributed by atoms with Gasteiger partial charge in [-0.25, -0.2) is 4.79 Å². The van der Waals surface area contributed by atoms with Gasteiger partial charge in [0.15, 0.2) is 0 Å². The van der Waals surface area contributed by atoms with Crippen LogP contribution in [0.3, 0.4) is 0 Å². The number of aryl methyl sites for hydroxylation is 1. The molecule has 1 aliphatic carbocycles. The fourth-order valence-electron chi connectivity index (χ4n) is 3.09. The Labute approximate surface area is 141 Å². The summed E-state index contributed by atoms with van der Waals surface area (Å²) in [5, 5.41) is 8.80. The lowest BCUT2D eigenvalue weighted by Crippen LogP contribution is -2.27. The summed E-state index contributed by atoms with van der Waals surface area (Å²) in [6.45, 7) is 2.87. The maximum Gasteiger partial charge on any atom is 0.338 e. The summed E-state index contributed by atoms with van der Waals surface area (Å²) >= 11 is 0. The number of aliphatic hydroxyl groups excluding tert-OH is 1. The van der Waals surface area contributed by atoms with Crippen molar-refractivity contribution in [1.82, 2.24) is 0 Å². The highest BCUT2D eigenvalue weighted by molar-refractivity contribution is 5.89. The second-order valence-corrected chi connectivity index (χ2v) is 6.18. The Kier molecular flexibility index (Phi) is 5.33. The number of esters is 1. The van der Waals surface area contributed by atoms with E-state index in [2.05, 4.69) is 12.2 Å². The Hall–Kier alpha value is -2.11. The number of ether oxygens (including phenoxy) is 3. The summed E-state index contributed by atoms with van der Waals surface area (Å²) in [5.41, 5.74) is 1.63. The molecule has 0 saturated heterocycles. The normalized spacial score (nSPS) is 24.9. The van der Waals surface area contributed by atoms with Crippen molar-refractivity contribution in [1.29, 1.82) is 0 Å². The van der Waals surface area contributed by atoms with Gasteiger partial charge in [-0.2, -0.15) is 0 Å². The molecule has 1 aromatic rings. The third-order valence-corrected chi connectivity index (χ3v) is 4.47. The second-order valence-electron chi connectivity index (χ2n) is 6.18. The van der Waals surface area contributed by atoms with Crippen molar-refractivity contribution in [3.8, 4) is 0 Å². The molecule has 24 heavy (non-hydrogen) atoms. The topological polar surface area (TPSA) is 65.0 Å². The summed E-state index contributed by atoms with van der Waals surface area (Å²) in [4.78, 5) is 12.1. The van der Waals surface area contributed by atoms with E-state index in [0.29, 0.717) is 30.5 Å². The Morgan fingerprint density at radius 1 is 1.29 bits per heavy atom. The van der Waals surface area contributed by atoms with Crippen LogP contribution in [-0.2, 0) is 14.2 Å². The lowest BCUT2D eigenvalue weighted by atomic mass is 9.87. The highest BCUT2D eigenvalue weighted by atomic mass is 16.6. The zero-order chi connectivity index (χ0) is 16.9. The number of aliphatic hydroxyl groups is 1. The van der Waals surface area contributed by atoms with Gasteiger partial charge in [-0.15, -0.1) is 0 Å². The first-order chi connectivity index (χ1) is 11.7. The van der Waals surface area contributed by atoms with E-state index in [0.717, 1.165) is 5.56 Å². The van der Waals surface area contributed by atoms with Crippen LogP contribution >= 0.6 is 0 Å². The standard InChI is InChI=1S/C19H22O5/c1-13-2-4-14(5-3-13)19(21)24-11-17-8-18-15(9-22-12-20)6-7-16(18)10-23-17/h2-8,15-16,18,20H,9-12H2,1H3/t15-,16?,18?/m0/s1. The van der Waals surface area contributed by atoms with E-state index in [4.69, 9.17) is 19.3 Å². The highest BCUT2D eigenvalue weighted by Gasteiger charge is 2.34. The molecule has 3 rings (SSSR count). The van der Waals surface area contributed by atoms with E-state index in [1.807, 2.05) is 25.1 Å². The number of hydrogen-bond acceptors (Lipinski definition) is 5. The molecule has 2 aliphatic rings. The molecule has 3 atom stereocenters. The van der Waals surface area contributed by atoms with E-state index in [-0.39, 0.29) is 31.2 Å². The smallest absolute Gasteiger partial charge is 0.338 e. The van der Waals surface area contributed by atoms with E-state index >= 15 is 0 Å². The van der Waals surface area contributed by atoms with E-state index < -0.39 is 0 Å². The van der Waals surface area contributed by atoms with Gasteiger partial charge in [0.25, 0.3) is 0 Å². The van der Waals surface area contributed by atoms with Gasteiger partial charge < -0.3 is 19.3 Å². The van der Waals surface area contributed by atoms with Crippen molar-refractivity contribution in [3.63, 3.8) is 0 Å². The molecule has 5 heteroatoms. The molecule has 1 N–H and O–H groups in total. The van der Waals surface area contributed by atoms with Gasteiger partial charge in [0, 0.05) is 11.8 Å². The maximum absolute atomic E-state index is 12.1. The number of hydrogen-bond donors (Lipinski definition) is 1. The minimum absolute atomic E-state index is 0.128. The Morgan fingerprint density at radius 3 is 2.83 bits per heavy atom. The van der Waals surface area contributed by atoms with Gasteiger partial charge in [-0.3, -0.25) is 0 Å². The fourth-order valence-corrected chi connectivity index (χ4v) is 3.09. The summed E-state index contributed by atoms with van der Waals surface area (Å²) in [6, 6.07) is 7.28. The molecular weight excluding hydrogens is 308 g/mol. The summed E-state index contributed by atoms with van der Waals surface area (Å²) in [5.74, 6) is 1.11. The Bertz CT molecular complexity index is 632. The monoisotopic (exact) mass is 330 g/mol. The molecule has 128 valence electrons. The highest BCUT2D eigenvalue weighted by Crippen LogP contribution is 2.36. The Balaban J connectivity index is 1.57. The van der Waals surface area contributed by atoms with Crippen LogP contribution in [0.1, 0.15) is 15.9 Å². The van der Waals surface area contributed by atoms with Gasteiger partial charge in [-0.05, 0) is 31.1 Å². The number of fused-ring (bicyclic) bond motifs is 1. The van der Waals surface area contributed by atoms with Crippen molar-refractivity contribution < 1.29 is 24.1 Å². The lowest BCUT2D eigenvalue weighted by molar-refractivity contribution is -0.0200. The van der Waals surface area contributed by atoms with E-state index in [9.17, 15) is 4.79 Å². The fraction of sp³-hybridized carbons (Fsp3) is 0.421. The number of benzene rings is 1. The van der Waals surface area contributed by atoms with Gasteiger partial charge in [-0.1, -0.05) is 29.8 Å². The van der Waals surface area contributed by atoms with Crippen LogP contribution in [0.15, 0.2) is 48.3 Å². The summed E-state index contributed by atoms with van der Waals surface area (Å²) in [6.07, 6.45) is 6.25. The maximum atomic E-state index is 12.1. The largest absolute Gasteiger partial charge is 0.494 e. The second kappa shape index (κ2) is 7.64. The van der Waals surface area contributed by atoms with Crippen LogP contribution in [0, 0.1) is 24.7 Å². The SMILES string of the molecule is Cc1ccc(C(=O)OCC2=CC3C(C=C[C@H]3COCO)CO2)cc1. The summed E-state index contributed by atoms with van der Waals surface area (Å²) in [7, 11) is 0. The van der Waals surface area contributed by atoms with Gasteiger partial charge >= 0.3 is 5.97 Å². The number of rotatable bonds is 6. The predicted molar refractivity (Wildman–Crippen MR) is 88.1 cm³/mol. The molecule has 5 nitrogen and oxygen atoms in total. The van der Waals surface area contributed by atoms with Crippen molar-refractivity contribution in [3.05, 3.63) is 59.4 Å². The van der Waals surface area contributed by atoms with Crippen LogP contribution in [-0.4, -0.2) is 37.7 Å². The molecule has 0 radical (unpaired) electrons. The van der Waals surface area contributed by atoms with Crippen LogP contribution in [0.25, 0.3) is 0 Å². The average Bonchev–Trinajstić information content (AvgIpc) is 3.00. The Morgan fingerprint density at radius 2 is 2.08 bits per heavy atom. The molecule has 0 aromatic heterocycles. The molecule has 1 aromatic carbocycles. The van der Waals surface area contributed by atoms with Crippen LogP contribution in [0.5, 0.6) is 0 Å². The third-order valence-electron chi connectivity index (χ3n) is 4.47. The zero-order valence-electron chi connectivity index (χ0n) is 13.7. The molecular formula is C19H22O5. The number of carbonyl (C=O) groups excluding carboxylic acids is 1. The van der Waals surface area contributed by atoms with Crippen LogP contribution in [0.2, 0.25) is 0 Å². The zero-order valence-corrected chi connectivity index (χ0v) is 13.7. The van der Waals surface area contributed by atoms with E-state index in [1.54, 1.807) is 12.1 Å². The summed E-state index contributed by atoms with van der Waals surface area (Å²) < 4.78 is 16.2.